The van der Waals surface area contributed by atoms with Crippen LogP contribution in [0.5, 0.6) is 5.75 Å². The minimum Gasteiger partial charge on any atom is -0.506 e. The quantitative estimate of drug-likeness (QED) is 0.694. The lowest BCUT2D eigenvalue weighted by atomic mass is 9.97. The Balaban J connectivity index is 1.77. The molecule has 2 N–H and O–H groups in total. The summed E-state index contributed by atoms with van der Waals surface area (Å²) in [7, 11) is -3.67. The summed E-state index contributed by atoms with van der Waals surface area (Å²) in [5.41, 5.74) is 2.58. The van der Waals surface area contributed by atoms with Crippen LogP contribution in [-0.2, 0) is 21.2 Å². The highest BCUT2D eigenvalue weighted by Crippen LogP contribution is 2.36. The standard InChI is InChI=1S/C21H26N2O4S/c1-3-23(4-2)28(26,27)17-11-12-20(24)19(14-17)22-21(25)13-16-10-9-15-7-5-6-8-18(15)16/h5-8,11-12,14,16,24H,3-4,9-10,13H2,1-2H3,(H,22,25). The molecule has 0 radical (unpaired) electrons. The van der Waals surface area contributed by atoms with Crippen molar-refractivity contribution < 1.29 is 18.3 Å². The van der Waals surface area contributed by atoms with Gasteiger partial charge in [0.25, 0.3) is 0 Å². The number of sulfonamides is 1. The maximum atomic E-state index is 12.7. The van der Waals surface area contributed by atoms with E-state index < -0.39 is 10.0 Å². The number of phenolic OH excluding ortho intramolecular Hbond substituents is 1. The van der Waals surface area contributed by atoms with E-state index in [9.17, 15) is 18.3 Å². The van der Waals surface area contributed by atoms with E-state index in [-0.39, 0.29) is 28.2 Å². The number of fused-ring (bicyclic) bond motifs is 1. The van der Waals surface area contributed by atoms with Gasteiger partial charge in [0.1, 0.15) is 5.75 Å². The minimum atomic E-state index is -3.67. The van der Waals surface area contributed by atoms with E-state index in [2.05, 4.69) is 17.4 Å². The number of phenols is 1. The number of benzene rings is 2. The highest BCUT2D eigenvalue weighted by molar-refractivity contribution is 7.89. The van der Waals surface area contributed by atoms with Crippen molar-refractivity contribution in [2.45, 2.75) is 43.9 Å². The van der Waals surface area contributed by atoms with Crippen molar-refractivity contribution >= 4 is 21.6 Å². The van der Waals surface area contributed by atoms with Crippen molar-refractivity contribution in [2.75, 3.05) is 18.4 Å². The lowest BCUT2D eigenvalue weighted by molar-refractivity contribution is -0.116. The summed E-state index contributed by atoms with van der Waals surface area (Å²) in [5, 5.41) is 12.8. The van der Waals surface area contributed by atoms with Gasteiger partial charge in [0.15, 0.2) is 0 Å². The summed E-state index contributed by atoms with van der Waals surface area (Å²) in [6, 6.07) is 12.1. The second-order valence-electron chi connectivity index (χ2n) is 6.95. The fourth-order valence-corrected chi connectivity index (χ4v) is 5.26. The maximum absolute atomic E-state index is 12.7. The number of carbonyl (C=O) groups excluding carboxylic acids is 1. The molecule has 0 spiro atoms. The van der Waals surface area contributed by atoms with Gasteiger partial charge in [-0.3, -0.25) is 4.79 Å². The molecule has 3 rings (SSSR count). The van der Waals surface area contributed by atoms with Crippen molar-refractivity contribution in [2.24, 2.45) is 0 Å². The second-order valence-corrected chi connectivity index (χ2v) is 8.89. The summed E-state index contributed by atoms with van der Waals surface area (Å²) < 4.78 is 26.7. The molecule has 2 aromatic carbocycles. The van der Waals surface area contributed by atoms with Gasteiger partial charge in [-0.25, -0.2) is 8.42 Å². The third kappa shape index (κ3) is 4.05. The smallest absolute Gasteiger partial charge is 0.243 e. The third-order valence-electron chi connectivity index (χ3n) is 5.27. The van der Waals surface area contributed by atoms with Crippen LogP contribution in [0.15, 0.2) is 47.4 Å². The lowest BCUT2D eigenvalue weighted by Gasteiger charge is -2.19. The van der Waals surface area contributed by atoms with E-state index in [1.54, 1.807) is 13.8 Å². The van der Waals surface area contributed by atoms with E-state index in [1.807, 2.05) is 12.1 Å². The van der Waals surface area contributed by atoms with Crippen LogP contribution in [0.2, 0.25) is 0 Å². The molecule has 1 aliphatic carbocycles. The highest BCUT2D eigenvalue weighted by Gasteiger charge is 2.26. The number of carbonyl (C=O) groups is 1. The molecule has 0 aromatic heterocycles. The SMILES string of the molecule is CCN(CC)S(=O)(=O)c1ccc(O)c(NC(=O)CC2CCc3ccccc32)c1. The maximum Gasteiger partial charge on any atom is 0.243 e. The Kier molecular flexibility index (Phi) is 6.05. The van der Waals surface area contributed by atoms with Crippen LogP contribution in [0.1, 0.15) is 43.7 Å². The predicted octanol–water partition coefficient (Wildman–Crippen LogP) is 3.48. The van der Waals surface area contributed by atoms with Gasteiger partial charge < -0.3 is 10.4 Å². The molecule has 1 unspecified atom stereocenters. The van der Waals surface area contributed by atoms with Crippen LogP contribution in [0.3, 0.4) is 0 Å². The van der Waals surface area contributed by atoms with Crippen molar-refractivity contribution in [3.05, 3.63) is 53.6 Å². The Hall–Kier alpha value is -2.38. The van der Waals surface area contributed by atoms with Gasteiger partial charge >= 0.3 is 0 Å². The summed E-state index contributed by atoms with van der Waals surface area (Å²) >= 11 is 0. The topological polar surface area (TPSA) is 86.7 Å². The van der Waals surface area contributed by atoms with Crippen LogP contribution in [0.4, 0.5) is 5.69 Å². The highest BCUT2D eigenvalue weighted by atomic mass is 32.2. The number of rotatable bonds is 7. The molecule has 150 valence electrons. The first-order valence-electron chi connectivity index (χ1n) is 9.57. The van der Waals surface area contributed by atoms with Crippen molar-refractivity contribution in [3.63, 3.8) is 0 Å². The first kappa shape index (κ1) is 20.4. The Bertz CT molecular complexity index is 968. The van der Waals surface area contributed by atoms with E-state index in [0.717, 1.165) is 12.8 Å². The Morgan fingerprint density at radius 1 is 1.18 bits per heavy atom. The van der Waals surface area contributed by atoms with E-state index >= 15 is 0 Å². The van der Waals surface area contributed by atoms with Gasteiger partial charge in [-0.05, 0) is 48.1 Å². The molecule has 0 aliphatic heterocycles. The van der Waals surface area contributed by atoms with Crippen molar-refractivity contribution in [3.8, 4) is 5.75 Å². The molecule has 6 nitrogen and oxygen atoms in total. The molecule has 7 heteroatoms. The monoisotopic (exact) mass is 402 g/mol. The van der Waals surface area contributed by atoms with Crippen LogP contribution in [-0.4, -0.2) is 36.8 Å². The molecule has 28 heavy (non-hydrogen) atoms. The largest absolute Gasteiger partial charge is 0.506 e. The van der Waals surface area contributed by atoms with Crippen molar-refractivity contribution in [1.82, 2.24) is 4.31 Å². The van der Waals surface area contributed by atoms with Gasteiger partial charge in [-0.2, -0.15) is 4.31 Å². The molecular formula is C21H26N2O4S. The zero-order chi connectivity index (χ0) is 20.3. The predicted molar refractivity (Wildman–Crippen MR) is 109 cm³/mol. The fourth-order valence-electron chi connectivity index (χ4n) is 3.77. The first-order chi connectivity index (χ1) is 13.4. The van der Waals surface area contributed by atoms with Gasteiger partial charge in [0.05, 0.1) is 10.6 Å². The molecule has 0 saturated heterocycles. The second kappa shape index (κ2) is 8.32. The first-order valence-corrected chi connectivity index (χ1v) is 11.0. The average molecular weight is 403 g/mol. The zero-order valence-corrected chi connectivity index (χ0v) is 17.0. The normalized spacial score (nSPS) is 16.2. The molecule has 0 heterocycles. The van der Waals surface area contributed by atoms with E-state index in [0.29, 0.717) is 19.5 Å². The Morgan fingerprint density at radius 2 is 1.89 bits per heavy atom. The van der Waals surface area contributed by atoms with Gasteiger partial charge in [-0.15, -0.1) is 0 Å². The Labute approximate surface area is 166 Å². The van der Waals surface area contributed by atoms with Gasteiger partial charge in [0.2, 0.25) is 15.9 Å². The van der Waals surface area contributed by atoms with Crippen LogP contribution in [0, 0.1) is 0 Å². The van der Waals surface area contributed by atoms with Crippen LogP contribution in [0.25, 0.3) is 0 Å². The number of hydrogen-bond donors (Lipinski definition) is 2. The molecule has 1 amide bonds. The van der Waals surface area contributed by atoms with E-state index in [4.69, 9.17) is 0 Å². The Morgan fingerprint density at radius 3 is 2.61 bits per heavy atom. The molecular weight excluding hydrogens is 376 g/mol. The number of aryl methyl sites for hydroxylation is 1. The zero-order valence-electron chi connectivity index (χ0n) is 16.2. The number of anilines is 1. The number of nitrogens with one attached hydrogen (secondary N) is 1. The summed E-state index contributed by atoms with van der Waals surface area (Å²) in [5.74, 6) is -0.256. The molecule has 0 saturated carbocycles. The molecule has 0 bridgehead atoms. The summed E-state index contributed by atoms with van der Waals surface area (Å²) in [4.78, 5) is 12.6. The molecule has 0 fully saturated rings. The number of amides is 1. The molecule has 1 aliphatic rings. The number of aromatic hydroxyl groups is 1. The van der Waals surface area contributed by atoms with Gasteiger partial charge in [0, 0.05) is 19.5 Å². The van der Waals surface area contributed by atoms with Crippen LogP contribution >= 0.6 is 0 Å². The van der Waals surface area contributed by atoms with Gasteiger partial charge in [-0.1, -0.05) is 38.1 Å². The minimum absolute atomic E-state index is 0.0514. The van der Waals surface area contributed by atoms with Crippen LogP contribution < -0.4 is 5.32 Å². The van der Waals surface area contributed by atoms with Crippen molar-refractivity contribution in [1.29, 1.82) is 0 Å². The third-order valence-corrected chi connectivity index (χ3v) is 7.32. The lowest BCUT2D eigenvalue weighted by Crippen LogP contribution is -2.30. The molecule has 1 atom stereocenters. The molecule has 2 aromatic rings. The van der Waals surface area contributed by atoms with E-state index in [1.165, 1.54) is 33.6 Å². The fraction of sp³-hybridized carbons (Fsp3) is 0.381. The number of nitrogens with zero attached hydrogens (tertiary/aromatic N) is 1. The number of hydrogen-bond acceptors (Lipinski definition) is 4. The average Bonchev–Trinajstić information content (AvgIpc) is 3.07. The summed E-state index contributed by atoms with van der Waals surface area (Å²) in [6.07, 6.45) is 2.16. The summed E-state index contributed by atoms with van der Waals surface area (Å²) in [6.45, 7) is 4.23.